The number of ketones is 2. The van der Waals surface area contributed by atoms with E-state index in [0.717, 1.165) is 44.9 Å². The normalized spacial score (nSPS) is 23.3. The number of hydrogen-bond donors (Lipinski definition) is 5. The smallest absolute Gasteiger partial charge is 0.289 e. The van der Waals surface area contributed by atoms with E-state index in [1.807, 2.05) is 27.7 Å². The molecule has 3 amide bonds. The molecule has 2 unspecified atom stereocenters. The quantitative estimate of drug-likeness (QED) is 0.0919. The predicted molar refractivity (Wildman–Crippen MR) is 177 cm³/mol. The van der Waals surface area contributed by atoms with Crippen LogP contribution in [0, 0.1) is 29.1 Å². The summed E-state index contributed by atoms with van der Waals surface area (Å²) in [5, 5.41) is 22.8. The van der Waals surface area contributed by atoms with E-state index >= 15 is 0 Å². The van der Waals surface area contributed by atoms with Crippen LogP contribution >= 0.6 is 0 Å². The summed E-state index contributed by atoms with van der Waals surface area (Å²) in [7, 11) is 0. The minimum Gasteiger partial charge on any atom is -0.365 e. The van der Waals surface area contributed by atoms with Crippen LogP contribution in [0.15, 0.2) is 12.7 Å². The molecule has 0 bridgehead atoms. The van der Waals surface area contributed by atoms with E-state index in [4.69, 9.17) is 0 Å². The molecule has 11 heteroatoms. The van der Waals surface area contributed by atoms with Gasteiger partial charge in [-0.3, -0.25) is 34.6 Å². The van der Waals surface area contributed by atoms with Crippen molar-refractivity contribution in [3.05, 3.63) is 12.7 Å². The largest absolute Gasteiger partial charge is 0.365 e. The summed E-state index contributed by atoms with van der Waals surface area (Å²) in [6.45, 7) is 15.7. The fraction of sp³-hybridized carbons (Fsp3) is 0.800. The van der Waals surface area contributed by atoms with Crippen molar-refractivity contribution in [3.63, 3.8) is 0 Å². The van der Waals surface area contributed by atoms with Gasteiger partial charge in [0, 0.05) is 19.0 Å². The molecule has 5 N–H and O–H groups in total. The first-order valence-electron chi connectivity index (χ1n) is 17.5. The van der Waals surface area contributed by atoms with Gasteiger partial charge < -0.3 is 20.6 Å². The number of aliphatic hydroxyl groups excluding tert-OH is 1. The van der Waals surface area contributed by atoms with Crippen LogP contribution < -0.4 is 21.3 Å². The van der Waals surface area contributed by atoms with Crippen LogP contribution in [0.2, 0.25) is 0 Å². The van der Waals surface area contributed by atoms with Gasteiger partial charge in [0.05, 0.1) is 18.1 Å². The maximum Gasteiger partial charge on any atom is 0.289 e. The van der Waals surface area contributed by atoms with Crippen LogP contribution in [-0.4, -0.2) is 82.9 Å². The van der Waals surface area contributed by atoms with E-state index in [9.17, 15) is 29.1 Å². The monoisotopic (exact) mass is 645 g/mol. The maximum atomic E-state index is 14.4. The zero-order chi connectivity index (χ0) is 34.2. The number of nitrogens with zero attached hydrogens (tertiary/aromatic N) is 1. The van der Waals surface area contributed by atoms with Gasteiger partial charge >= 0.3 is 0 Å². The molecule has 0 aromatic carbocycles. The summed E-state index contributed by atoms with van der Waals surface area (Å²) >= 11 is 0. The molecule has 3 rings (SSSR count). The number of nitrogens with one attached hydrogen (secondary N) is 4. The number of Topliss-reactive ketones (excluding diaryl/α,β-unsaturated/α-hetero) is 2. The standard InChI is InChI=1S/C35H59N5O6/c1-8-13-25(29(42)32(44)36-18-9-2)37-31(43)26-19-24(21(3)4)20-40(26)33(45)30(35(5,6)7)39-34(46)38-27(28(41)23-16-17-23)22-14-11-10-12-15-22/h9,21-27,30,34,38-39,46H,2,8,10-20H2,1,3-7H3,(H,36,44)(H,37,43)/t24-,25?,26+,27+,30-,34?/m1/s1. The Morgan fingerprint density at radius 1 is 0.978 bits per heavy atom. The van der Waals surface area contributed by atoms with Gasteiger partial charge in [-0.1, -0.05) is 73.3 Å². The number of aliphatic hydroxyl groups is 1. The molecule has 1 heterocycles. The lowest BCUT2D eigenvalue weighted by molar-refractivity contribution is -0.145. The zero-order valence-electron chi connectivity index (χ0n) is 28.9. The number of hydrogen-bond acceptors (Lipinski definition) is 8. The van der Waals surface area contributed by atoms with E-state index in [1.54, 1.807) is 4.90 Å². The fourth-order valence-electron chi connectivity index (χ4n) is 6.85. The van der Waals surface area contributed by atoms with E-state index in [0.29, 0.717) is 19.4 Å². The van der Waals surface area contributed by atoms with E-state index < -0.39 is 53.5 Å². The van der Waals surface area contributed by atoms with Crippen molar-refractivity contribution >= 4 is 29.3 Å². The van der Waals surface area contributed by atoms with Gasteiger partial charge in [-0.15, -0.1) is 6.58 Å². The molecular formula is C35H59N5O6. The Bertz CT molecular complexity index is 1090. The van der Waals surface area contributed by atoms with Crippen molar-refractivity contribution in [2.75, 3.05) is 13.1 Å². The molecule has 0 spiro atoms. The molecular weight excluding hydrogens is 586 g/mol. The number of likely N-dealkylation sites (tertiary alicyclic amines) is 1. The first-order chi connectivity index (χ1) is 21.7. The SMILES string of the molecule is C=CCNC(=O)C(=O)C(CCC)NC(=O)[C@@H]1C[C@@H](C(C)C)CN1C(=O)[C@@H](NC(O)N[C@H](C(=O)C1CC1)C1CCCCC1)C(C)(C)C. The maximum absolute atomic E-state index is 14.4. The average molecular weight is 646 g/mol. The highest BCUT2D eigenvalue weighted by molar-refractivity contribution is 6.38. The average Bonchev–Trinajstić information content (AvgIpc) is 3.77. The van der Waals surface area contributed by atoms with Crippen molar-refractivity contribution in [1.82, 2.24) is 26.2 Å². The van der Waals surface area contributed by atoms with Crippen molar-refractivity contribution in [2.45, 2.75) is 136 Å². The molecule has 6 atom stereocenters. The Morgan fingerprint density at radius 3 is 2.17 bits per heavy atom. The lowest BCUT2D eigenvalue weighted by Gasteiger charge is -2.38. The molecule has 3 aliphatic rings. The second-order valence-corrected chi connectivity index (χ2v) is 15.0. The van der Waals surface area contributed by atoms with E-state index in [2.05, 4.69) is 41.7 Å². The van der Waals surface area contributed by atoms with Gasteiger partial charge in [0.15, 0.2) is 12.1 Å². The van der Waals surface area contributed by atoms with Crippen molar-refractivity contribution < 1.29 is 29.1 Å². The first-order valence-corrected chi connectivity index (χ1v) is 17.5. The van der Waals surface area contributed by atoms with Crippen LogP contribution in [0.25, 0.3) is 0 Å². The van der Waals surface area contributed by atoms with Crippen LogP contribution in [0.3, 0.4) is 0 Å². The van der Waals surface area contributed by atoms with Crippen molar-refractivity contribution in [3.8, 4) is 0 Å². The molecule has 0 aromatic rings. The molecule has 3 fully saturated rings. The minimum absolute atomic E-state index is 0.0417. The highest BCUT2D eigenvalue weighted by Gasteiger charge is 2.47. The molecule has 46 heavy (non-hydrogen) atoms. The second-order valence-electron chi connectivity index (χ2n) is 15.0. The zero-order valence-corrected chi connectivity index (χ0v) is 28.9. The lowest BCUT2D eigenvalue weighted by atomic mass is 9.81. The molecule has 260 valence electrons. The van der Waals surface area contributed by atoms with Crippen LogP contribution in [0.5, 0.6) is 0 Å². The van der Waals surface area contributed by atoms with Gasteiger partial charge in [-0.25, -0.2) is 0 Å². The Labute approximate surface area is 275 Å². The molecule has 1 saturated heterocycles. The molecule has 0 radical (unpaired) electrons. The van der Waals surface area contributed by atoms with Gasteiger partial charge in [0.1, 0.15) is 6.04 Å². The Hall–Kier alpha value is -2.63. The van der Waals surface area contributed by atoms with Crippen molar-refractivity contribution in [1.29, 1.82) is 0 Å². The third kappa shape index (κ3) is 10.2. The lowest BCUT2D eigenvalue weighted by Crippen LogP contribution is -2.63. The number of rotatable bonds is 17. The second kappa shape index (κ2) is 17.0. The Morgan fingerprint density at radius 2 is 1.63 bits per heavy atom. The third-order valence-corrected chi connectivity index (χ3v) is 9.89. The van der Waals surface area contributed by atoms with Crippen LogP contribution in [-0.2, 0) is 24.0 Å². The summed E-state index contributed by atoms with van der Waals surface area (Å²) in [6, 6.07) is -3.21. The van der Waals surface area contributed by atoms with Gasteiger partial charge in [0.2, 0.25) is 17.6 Å². The van der Waals surface area contributed by atoms with Gasteiger partial charge in [0.25, 0.3) is 5.91 Å². The third-order valence-electron chi connectivity index (χ3n) is 9.89. The molecule has 2 saturated carbocycles. The molecule has 2 aliphatic carbocycles. The van der Waals surface area contributed by atoms with E-state index in [1.165, 1.54) is 6.08 Å². The van der Waals surface area contributed by atoms with E-state index in [-0.39, 0.29) is 48.3 Å². The highest BCUT2D eigenvalue weighted by Crippen LogP contribution is 2.36. The van der Waals surface area contributed by atoms with Crippen LogP contribution in [0.4, 0.5) is 0 Å². The molecule has 11 nitrogen and oxygen atoms in total. The number of carbonyl (C=O) groups is 5. The minimum atomic E-state index is -1.31. The number of carbonyl (C=O) groups excluding carboxylic acids is 5. The highest BCUT2D eigenvalue weighted by atomic mass is 16.3. The molecule has 1 aliphatic heterocycles. The summed E-state index contributed by atoms with van der Waals surface area (Å²) in [5.74, 6) is -1.74. The van der Waals surface area contributed by atoms with Gasteiger partial charge in [-0.2, -0.15) is 0 Å². The fourth-order valence-corrected chi connectivity index (χ4v) is 6.85. The number of amides is 3. The summed E-state index contributed by atoms with van der Waals surface area (Å²) < 4.78 is 0. The van der Waals surface area contributed by atoms with Crippen LogP contribution in [0.1, 0.15) is 106 Å². The first kappa shape index (κ1) is 37.8. The summed E-state index contributed by atoms with van der Waals surface area (Å²) in [4.78, 5) is 68.3. The Kier molecular flexibility index (Phi) is 14.0. The summed E-state index contributed by atoms with van der Waals surface area (Å²) in [5.41, 5.74) is -0.651. The molecule has 0 aromatic heterocycles. The topological polar surface area (TPSA) is 157 Å². The Balaban J connectivity index is 1.80. The van der Waals surface area contributed by atoms with Gasteiger partial charge in [-0.05, 0) is 61.7 Å². The predicted octanol–water partition coefficient (Wildman–Crippen LogP) is 2.81. The summed E-state index contributed by atoms with van der Waals surface area (Å²) in [6.07, 6.45) is 8.35. The van der Waals surface area contributed by atoms with Crippen molar-refractivity contribution in [2.24, 2.45) is 29.1 Å².